The second kappa shape index (κ2) is 4.66. The predicted molar refractivity (Wildman–Crippen MR) is 82.7 cm³/mol. The lowest BCUT2D eigenvalue weighted by Gasteiger charge is -2.32. The summed E-state index contributed by atoms with van der Waals surface area (Å²) in [4.78, 5) is 4.23. The summed E-state index contributed by atoms with van der Waals surface area (Å²) < 4.78 is 14.0. The minimum Gasteiger partial charge on any atom is -0.399 e. The molecule has 0 aliphatic carbocycles. The highest BCUT2D eigenvalue weighted by atomic mass is 16.7. The molecule has 0 saturated carbocycles. The Morgan fingerprint density at radius 3 is 2.36 bits per heavy atom. The number of nitrogens with one attached hydrogen (secondary N) is 1. The number of H-pyrrole nitrogens is 1. The third kappa shape index (κ3) is 2.26. The summed E-state index contributed by atoms with van der Waals surface area (Å²) in [5.74, 6) is 0.746. The molecule has 8 heteroatoms. The Balaban J connectivity index is 1.87. The fraction of sp³-hybridized carbons (Fsp3) is 0.643. The summed E-state index contributed by atoms with van der Waals surface area (Å²) in [7, 11) is -0.413. The monoisotopic (exact) mass is 303 g/mol. The lowest BCUT2D eigenvalue weighted by molar-refractivity contribution is 0.00578. The van der Waals surface area contributed by atoms with Crippen LogP contribution >= 0.6 is 0 Å². The molecular weight excluding hydrogens is 281 g/mol. The predicted octanol–water partition coefficient (Wildman–Crippen LogP) is 1.08. The Hall–Kier alpha value is -1.67. The molecule has 2 aromatic rings. The first-order valence-corrected chi connectivity index (χ1v) is 7.40. The molecule has 1 N–H and O–H groups in total. The van der Waals surface area contributed by atoms with E-state index in [9.17, 15) is 0 Å². The van der Waals surface area contributed by atoms with E-state index >= 15 is 0 Å². The maximum Gasteiger partial charge on any atom is 0.498 e. The van der Waals surface area contributed by atoms with Crippen LogP contribution in [0.4, 0.5) is 0 Å². The lowest BCUT2D eigenvalue weighted by Crippen LogP contribution is -2.41. The summed E-state index contributed by atoms with van der Waals surface area (Å²) in [6.07, 6.45) is 5.21. The zero-order valence-electron chi connectivity index (χ0n) is 13.9. The van der Waals surface area contributed by atoms with Crippen LogP contribution in [0.1, 0.15) is 47.4 Å². The summed E-state index contributed by atoms with van der Waals surface area (Å²) in [5.41, 5.74) is -0.259. The van der Waals surface area contributed by atoms with Gasteiger partial charge in [-0.2, -0.15) is 10.2 Å². The SMILES string of the molecule is CC(C)(c1ncn[nH]1)n1cc(B2OC(C)(C)C(C)(C)O2)cn1. The van der Waals surface area contributed by atoms with Crippen LogP contribution in [0.3, 0.4) is 0 Å². The van der Waals surface area contributed by atoms with Crippen molar-refractivity contribution in [2.75, 3.05) is 0 Å². The molecule has 0 spiro atoms. The minimum atomic E-state index is -0.432. The van der Waals surface area contributed by atoms with Crippen LogP contribution in [0.15, 0.2) is 18.7 Å². The van der Waals surface area contributed by atoms with Crippen molar-refractivity contribution >= 4 is 12.6 Å². The van der Waals surface area contributed by atoms with E-state index in [1.54, 1.807) is 6.20 Å². The van der Waals surface area contributed by atoms with E-state index in [-0.39, 0.29) is 11.2 Å². The van der Waals surface area contributed by atoms with Crippen molar-refractivity contribution in [2.45, 2.75) is 58.3 Å². The third-order valence-electron chi connectivity index (χ3n) is 4.70. The topological polar surface area (TPSA) is 77.9 Å². The van der Waals surface area contributed by atoms with Gasteiger partial charge in [-0.3, -0.25) is 9.78 Å². The Labute approximate surface area is 130 Å². The first-order valence-electron chi connectivity index (χ1n) is 7.40. The molecule has 118 valence electrons. The van der Waals surface area contributed by atoms with E-state index in [4.69, 9.17) is 9.31 Å². The van der Waals surface area contributed by atoms with E-state index in [0.717, 1.165) is 11.3 Å². The van der Waals surface area contributed by atoms with Crippen molar-refractivity contribution < 1.29 is 9.31 Å². The normalized spacial score (nSPS) is 20.5. The number of aromatic amines is 1. The van der Waals surface area contributed by atoms with Crippen LogP contribution in [0.5, 0.6) is 0 Å². The van der Waals surface area contributed by atoms with Gasteiger partial charge in [0.05, 0.1) is 11.2 Å². The van der Waals surface area contributed by atoms with Crippen molar-refractivity contribution in [3.8, 4) is 0 Å². The van der Waals surface area contributed by atoms with E-state index < -0.39 is 12.7 Å². The molecule has 1 aliphatic heterocycles. The van der Waals surface area contributed by atoms with Gasteiger partial charge in [-0.1, -0.05) is 0 Å². The molecule has 1 saturated heterocycles. The molecule has 2 aromatic heterocycles. The second-order valence-corrected chi connectivity index (χ2v) is 7.20. The molecular formula is C14H22BN5O2. The number of hydrogen-bond acceptors (Lipinski definition) is 5. The quantitative estimate of drug-likeness (QED) is 0.859. The Morgan fingerprint density at radius 2 is 1.82 bits per heavy atom. The van der Waals surface area contributed by atoms with Crippen molar-refractivity contribution in [2.24, 2.45) is 0 Å². The van der Waals surface area contributed by atoms with Crippen LogP contribution in [0, 0.1) is 0 Å². The molecule has 3 heterocycles. The average Bonchev–Trinajstić information content (AvgIpc) is 3.11. The highest BCUT2D eigenvalue weighted by Gasteiger charge is 2.52. The smallest absolute Gasteiger partial charge is 0.399 e. The van der Waals surface area contributed by atoms with E-state index in [2.05, 4.69) is 20.3 Å². The Bertz CT molecular complexity index is 647. The molecule has 3 rings (SSSR count). The maximum absolute atomic E-state index is 6.06. The standard InChI is InChI=1S/C14H22BN5O2/c1-12(2,11-16-9-17-19-11)20-8-10(7-18-20)15-21-13(3,4)14(5,6)22-15/h7-9H,1-6H3,(H,16,17,19). The zero-order valence-corrected chi connectivity index (χ0v) is 13.9. The fourth-order valence-corrected chi connectivity index (χ4v) is 2.35. The van der Waals surface area contributed by atoms with Gasteiger partial charge in [0.1, 0.15) is 11.9 Å². The zero-order chi connectivity index (χ0) is 16.2. The Morgan fingerprint density at radius 1 is 1.18 bits per heavy atom. The van der Waals surface area contributed by atoms with Gasteiger partial charge < -0.3 is 9.31 Å². The number of hydrogen-bond donors (Lipinski definition) is 1. The molecule has 7 nitrogen and oxygen atoms in total. The first-order chi connectivity index (χ1) is 10.1. The van der Waals surface area contributed by atoms with Gasteiger partial charge in [-0.15, -0.1) is 0 Å². The third-order valence-corrected chi connectivity index (χ3v) is 4.70. The second-order valence-electron chi connectivity index (χ2n) is 7.20. The summed E-state index contributed by atoms with van der Waals surface area (Å²) in [6, 6.07) is 0. The van der Waals surface area contributed by atoms with Gasteiger partial charge in [0, 0.05) is 17.9 Å². The largest absolute Gasteiger partial charge is 0.498 e. The van der Waals surface area contributed by atoms with Crippen molar-refractivity contribution in [3.05, 3.63) is 24.5 Å². The van der Waals surface area contributed by atoms with Crippen molar-refractivity contribution in [1.82, 2.24) is 25.0 Å². The summed E-state index contributed by atoms with van der Waals surface area (Å²) >= 11 is 0. The molecule has 22 heavy (non-hydrogen) atoms. The lowest BCUT2D eigenvalue weighted by atomic mass is 9.82. The summed E-state index contributed by atoms with van der Waals surface area (Å²) in [6.45, 7) is 12.2. The van der Waals surface area contributed by atoms with Gasteiger partial charge in [0.15, 0.2) is 5.82 Å². The highest BCUT2D eigenvalue weighted by molar-refractivity contribution is 6.62. The molecule has 1 fully saturated rings. The molecule has 0 aromatic carbocycles. The molecule has 0 bridgehead atoms. The van der Waals surface area contributed by atoms with Gasteiger partial charge >= 0.3 is 7.12 Å². The van der Waals surface area contributed by atoms with Crippen molar-refractivity contribution in [3.63, 3.8) is 0 Å². The first kappa shape index (κ1) is 15.2. The average molecular weight is 303 g/mol. The summed E-state index contributed by atoms with van der Waals surface area (Å²) in [5, 5.41) is 11.3. The molecule has 0 amide bonds. The van der Waals surface area contributed by atoms with E-state index in [1.807, 2.05) is 52.4 Å². The molecule has 1 aliphatic rings. The van der Waals surface area contributed by atoms with Gasteiger partial charge in [0.2, 0.25) is 0 Å². The maximum atomic E-state index is 6.06. The van der Waals surface area contributed by atoms with Crippen LogP contribution in [-0.4, -0.2) is 43.3 Å². The van der Waals surface area contributed by atoms with Crippen LogP contribution < -0.4 is 5.46 Å². The molecule has 0 radical (unpaired) electrons. The van der Waals surface area contributed by atoms with E-state index in [1.165, 1.54) is 6.33 Å². The van der Waals surface area contributed by atoms with Crippen LogP contribution in [0.25, 0.3) is 0 Å². The van der Waals surface area contributed by atoms with Crippen molar-refractivity contribution in [1.29, 1.82) is 0 Å². The number of rotatable bonds is 3. The van der Waals surface area contributed by atoms with Gasteiger partial charge in [-0.25, -0.2) is 4.98 Å². The number of nitrogens with zero attached hydrogens (tertiary/aromatic N) is 4. The Kier molecular flexibility index (Phi) is 3.23. The minimum absolute atomic E-state index is 0.361. The van der Waals surface area contributed by atoms with Gasteiger partial charge in [-0.05, 0) is 41.5 Å². The van der Waals surface area contributed by atoms with Crippen LogP contribution in [0.2, 0.25) is 0 Å². The van der Waals surface area contributed by atoms with E-state index in [0.29, 0.717) is 0 Å². The fourth-order valence-electron chi connectivity index (χ4n) is 2.35. The molecule has 0 atom stereocenters. The van der Waals surface area contributed by atoms with Gasteiger partial charge in [0.25, 0.3) is 0 Å². The highest BCUT2D eigenvalue weighted by Crippen LogP contribution is 2.36. The van der Waals surface area contributed by atoms with Crippen LogP contribution in [-0.2, 0) is 14.8 Å². The number of aromatic nitrogens is 5. The molecule has 0 unspecified atom stereocenters.